The molecule has 2 rings (SSSR count). The van der Waals surface area contributed by atoms with Crippen molar-refractivity contribution in [3.05, 3.63) is 48.5 Å². The van der Waals surface area contributed by atoms with E-state index >= 15 is 0 Å². The highest BCUT2D eigenvalue weighted by Crippen LogP contribution is 2.28. The Labute approximate surface area is 114 Å². The number of anilines is 2. The molecule has 0 unspecified atom stereocenters. The monoisotopic (exact) mass is 257 g/mol. The fourth-order valence-electron chi connectivity index (χ4n) is 1.76. The van der Waals surface area contributed by atoms with Crippen molar-refractivity contribution < 1.29 is 9.47 Å². The molecule has 2 aromatic rings. The topological polar surface area (TPSA) is 30.5 Å². The molecule has 0 aliphatic heterocycles. The predicted octanol–water partition coefficient (Wildman–Crippen LogP) is 4.23. The lowest BCUT2D eigenvalue weighted by atomic mass is 10.2. The molecule has 0 aliphatic carbocycles. The summed E-state index contributed by atoms with van der Waals surface area (Å²) in [5.74, 6) is 1.70. The molecule has 2 aromatic carbocycles. The number of benzene rings is 2. The summed E-state index contributed by atoms with van der Waals surface area (Å²) in [6.07, 6.45) is 0.152. The van der Waals surface area contributed by atoms with E-state index in [1.165, 1.54) is 0 Å². The number of hydrogen-bond donors (Lipinski definition) is 1. The fourth-order valence-corrected chi connectivity index (χ4v) is 1.76. The van der Waals surface area contributed by atoms with E-state index in [0.29, 0.717) is 0 Å². The van der Waals surface area contributed by atoms with Gasteiger partial charge in [0, 0.05) is 5.69 Å². The van der Waals surface area contributed by atoms with Gasteiger partial charge in [-0.15, -0.1) is 0 Å². The lowest BCUT2D eigenvalue weighted by Gasteiger charge is -2.15. The lowest BCUT2D eigenvalue weighted by molar-refractivity contribution is 0.244. The maximum Gasteiger partial charge on any atom is 0.143 e. The molecule has 100 valence electrons. The van der Waals surface area contributed by atoms with Crippen molar-refractivity contribution >= 4 is 11.4 Å². The second-order valence-corrected chi connectivity index (χ2v) is 4.52. The standard InChI is InChI=1S/C16H19NO2/c1-12(2)19-16-7-5-4-6-15(16)17-13-8-10-14(18-3)11-9-13/h4-12,17H,1-3H3. The van der Waals surface area contributed by atoms with Gasteiger partial charge in [0.1, 0.15) is 11.5 Å². The number of methoxy groups -OCH3 is 1. The van der Waals surface area contributed by atoms with Gasteiger partial charge in [-0.1, -0.05) is 12.1 Å². The molecular weight excluding hydrogens is 238 g/mol. The summed E-state index contributed by atoms with van der Waals surface area (Å²) >= 11 is 0. The molecule has 1 N–H and O–H groups in total. The lowest BCUT2D eigenvalue weighted by Crippen LogP contribution is -2.07. The Morgan fingerprint density at radius 3 is 2.26 bits per heavy atom. The molecule has 3 nitrogen and oxygen atoms in total. The third-order valence-electron chi connectivity index (χ3n) is 2.62. The Kier molecular flexibility index (Phi) is 4.29. The van der Waals surface area contributed by atoms with Gasteiger partial charge in [-0.25, -0.2) is 0 Å². The Bertz CT molecular complexity index is 521. The molecule has 0 aromatic heterocycles. The average molecular weight is 257 g/mol. The number of ether oxygens (including phenoxy) is 2. The summed E-state index contributed by atoms with van der Waals surface area (Å²) in [6.45, 7) is 4.04. The largest absolute Gasteiger partial charge is 0.497 e. The quantitative estimate of drug-likeness (QED) is 0.869. The minimum atomic E-state index is 0.152. The molecule has 0 saturated carbocycles. The van der Waals surface area contributed by atoms with Crippen LogP contribution in [0.4, 0.5) is 11.4 Å². The van der Waals surface area contributed by atoms with Crippen LogP contribution in [0.1, 0.15) is 13.8 Å². The first kappa shape index (κ1) is 13.3. The van der Waals surface area contributed by atoms with Crippen LogP contribution in [0.3, 0.4) is 0 Å². The van der Waals surface area contributed by atoms with Crippen LogP contribution in [0.15, 0.2) is 48.5 Å². The van der Waals surface area contributed by atoms with Crippen molar-refractivity contribution in [2.24, 2.45) is 0 Å². The van der Waals surface area contributed by atoms with Gasteiger partial charge in [-0.2, -0.15) is 0 Å². The van der Waals surface area contributed by atoms with E-state index in [1.54, 1.807) is 7.11 Å². The zero-order valence-corrected chi connectivity index (χ0v) is 11.5. The van der Waals surface area contributed by atoms with Gasteiger partial charge in [-0.05, 0) is 50.2 Å². The highest BCUT2D eigenvalue weighted by atomic mass is 16.5. The molecule has 0 fully saturated rings. The molecule has 0 spiro atoms. The van der Waals surface area contributed by atoms with Crippen LogP contribution in [0.25, 0.3) is 0 Å². The normalized spacial score (nSPS) is 10.3. The van der Waals surface area contributed by atoms with Crippen molar-refractivity contribution in [3.8, 4) is 11.5 Å². The molecule has 0 bridgehead atoms. The highest BCUT2D eigenvalue weighted by molar-refractivity contribution is 5.66. The second kappa shape index (κ2) is 6.14. The van der Waals surface area contributed by atoms with Gasteiger partial charge in [0.2, 0.25) is 0 Å². The minimum Gasteiger partial charge on any atom is -0.497 e. The number of nitrogens with one attached hydrogen (secondary N) is 1. The predicted molar refractivity (Wildman–Crippen MR) is 78.5 cm³/mol. The van der Waals surface area contributed by atoms with Crippen LogP contribution in [0.2, 0.25) is 0 Å². The van der Waals surface area contributed by atoms with Crippen LogP contribution in [0, 0.1) is 0 Å². The average Bonchev–Trinajstić information content (AvgIpc) is 2.41. The molecule has 0 radical (unpaired) electrons. The van der Waals surface area contributed by atoms with E-state index < -0.39 is 0 Å². The fraction of sp³-hybridized carbons (Fsp3) is 0.250. The van der Waals surface area contributed by atoms with Gasteiger partial charge in [-0.3, -0.25) is 0 Å². The number of rotatable bonds is 5. The maximum atomic E-state index is 5.78. The number of hydrogen-bond acceptors (Lipinski definition) is 3. The van der Waals surface area contributed by atoms with Gasteiger partial charge < -0.3 is 14.8 Å². The van der Waals surface area contributed by atoms with Crippen LogP contribution in [-0.2, 0) is 0 Å². The van der Waals surface area contributed by atoms with Crippen LogP contribution in [-0.4, -0.2) is 13.2 Å². The van der Waals surface area contributed by atoms with Crippen molar-refractivity contribution in [3.63, 3.8) is 0 Å². The molecule has 0 saturated heterocycles. The Balaban J connectivity index is 2.17. The van der Waals surface area contributed by atoms with Crippen LogP contribution >= 0.6 is 0 Å². The molecule has 0 heterocycles. The Morgan fingerprint density at radius 1 is 0.947 bits per heavy atom. The molecule has 3 heteroatoms. The van der Waals surface area contributed by atoms with E-state index in [0.717, 1.165) is 22.9 Å². The van der Waals surface area contributed by atoms with Crippen LogP contribution < -0.4 is 14.8 Å². The summed E-state index contributed by atoms with van der Waals surface area (Å²) in [4.78, 5) is 0. The maximum absolute atomic E-state index is 5.78. The smallest absolute Gasteiger partial charge is 0.143 e. The van der Waals surface area contributed by atoms with Crippen LogP contribution in [0.5, 0.6) is 11.5 Å². The summed E-state index contributed by atoms with van der Waals surface area (Å²) in [5, 5.41) is 3.35. The Hall–Kier alpha value is -2.16. The summed E-state index contributed by atoms with van der Waals surface area (Å²) in [5.41, 5.74) is 1.96. The SMILES string of the molecule is COc1ccc(Nc2ccccc2OC(C)C)cc1. The first-order valence-electron chi connectivity index (χ1n) is 6.36. The first-order chi connectivity index (χ1) is 9.19. The molecule has 0 atom stereocenters. The molecular formula is C16H19NO2. The van der Waals surface area contributed by atoms with Crippen molar-refractivity contribution in [1.29, 1.82) is 0 Å². The Morgan fingerprint density at radius 2 is 1.63 bits per heavy atom. The van der Waals surface area contributed by atoms with E-state index in [-0.39, 0.29) is 6.10 Å². The minimum absolute atomic E-state index is 0.152. The third-order valence-corrected chi connectivity index (χ3v) is 2.62. The first-order valence-corrected chi connectivity index (χ1v) is 6.36. The zero-order chi connectivity index (χ0) is 13.7. The van der Waals surface area contributed by atoms with Gasteiger partial charge in [0.25, 0.3) is 0 Å². The third kappa shape index (κ3) is 3.65. The van der Waals surface area contributed by atoms with Crippen molar-refractivity contribution in [2.45, 2.75) is 20.0 Å². The molecule has 19 heavy (non-hydrogen) atoms. The summed E-state index contributed by atoms with van der Waals surface area (Å²) < 4.78 is 10.9. The highest BCUT2D eigenvalue weighted by Gasteiger charge is 2.05. The van der Waals surface area contributed by atoms with E-state index in [1.807, 2.05) is 62.4 Å². The van der Waals surface area contributed by atoms with Gasteiger partial charge >= 0.3 is 0 Å². The summed E-state index contributed by atoms with van der Waals surface area (Å²) in [6, 6.07) is 15.7. The summed E-state index contributed by atoms with van der Waals surface area (Å²) in [7, 11) is 1.66. The second-order valence-electron chi connectivity index (χ2n) is 4.52. The van der Waals surface area contributed by atoms with Gasteiger partial charge in [0.15, 0.2) is 0 Å². The number of para-hydroxylation sites is 2. The van der Waals surface area contributed by atoms with Crippen molar-refractivity contribution in [2.75, 3.05) is 12.4 Å². The van der Waals surface area contributed by atoms with Crippen molar-refractivity contribution in [1.82, 2.24) is 0 Å². The zero-order valence-electron chi connectivity index (χ0n) is 11.5. The van der Waals surface area contributed by atoms with E-state index in [4.69, 9.17) is 9.47 Å². The van der Waals surface area contributed by atoms with E-state index in [9.17, 15) is 0 Å². The molecule has 0 aliphatic rings. The van der Waals surface area contributed by atoms with Gasteiger partial charge in [0.05, 0.1) is 18.9 Å². The van der Waals surface area contributed by atoms with E-state index in [2.05, 4.69) is 5.32 Å². The molecule has 0 amide bonds.